The number of rotatable bonds is 7. The number of nitrogens with two attached hydrogens (primary N) is 1. The van der Waals surface area contributed by atoms with Crippen LogP contribution < -0.4 is 10.5 Å². The molecule has 0 atom stereocenters. The van der Waals surface area contributed by atoms with Gasteiger partial charge in [0.05, 0.1) is 12.7 Å². The van der Waals surface area contributed by atoms with Crippen molar-refractivity contribution in [3.05, 3.63) is 47.8 Å². The summed E-state index contributed by atoms with van der Waals surface area (Å²) in [5, 5.41) is 29.2. The summed E-state index contributed by atoms with van der Waals surface area (Å²) < 4.78 is 6.70. The largest absolute Gasteiger partial charge is 0.508 e. The first kappa shape index (κ1) is 21.7. The molecule has 1 fully saturated rings. The summed E-state index contributed by atoms with van der Waals surface area (Å²) in [4.78, 5) is 12.0. The fourth-order valence-electron chi connectivity index (χ4n) is 4.43. The van der Waals surface area contributed by atoms with Crippen LogP contribution in [0.5, 0.6) is 17.2 Å². The normalized spacial score (nSPS) is 14.4. The highest BCUT2D eigenvalue weighted by Crippen LogP contribution is 2.37. The fourth-order valence-corrected chi connectivity index (χ4v) is 4.43. The van der Waals surface area contributed by atoms with E-state index in [2.05, 4.69) is 10.2 Å². The van der Waals surface area contributed by atoms with Gasteiger partial charge in [0.2, 0.25) is 5.82 Å². The van der Waals surface area contributed by atoms with Crippen LogP contribution in [0, 0.1) is 5.92 Å². The molecule has 168 valence electrons. The number of carbonyl (C=O) groups excluding carboxylic acids is 1. The van der Waals surface area contributed by atoms with Gasteiger partial charge in [0, 0.05) is 11.8 Å². The number of carbonyl (C=O) groups is 1. The first-order valence-corrected chi connectivity index (χ1v) is 10.9. The van der Waals surface area contributed by atoms with Gasteiger partial charge in [-0.15, -0.1) is 10.2 Å². The van der Waals surface area contributed by atoms with Crippen molar-refractivity contribution in [2.75, 3.05) is 7.11 Å². The topological polar surface area (TPSA) is 123 Å². The highest BCUT2D eigenvalue weighted by molar-refractivity contribution is 5.90. The summed E-state index contributed by atoms with van der Waals surface area (Å²) >= 11 is 0. The molecule has 1 amide bonds. The summed E-state index contributed by atoms with van der Waals surface area (Å²) in [5.74, 6) is 0.679. The zero-order valence-corrected chi connectivity index (χ0v) is 18.1. The summed E-state index contributed by atoms with van der Waals surface area (Å²) in [6.45, 7) is 0. The fraction of sp³-hybridized carbons (Fsp3) is 0.375. The number of aryl methyl sites for hydroxylation is 1. The lowest BCUT2D eigenvalue weighted by Crippen LogP contribution is -2.17. The van der Waals surface area contributed by atoms with E-state index in [4.69, 9.17) is 10.5 Å². The van der Waals surface area contributed by atoms with Crippen LogP contribution in [-0.2, 0) is 6.42 Å². The van der Waals surface area contributed by atoms with E-state index >= 15 is 0 Å². The smallest absolute Gasteiger partial charge is 0.287 e. The van der Waals surface area contributed by atoms with Gasteiger partial charge in [-0.3, -0.25) is 9.36 Å². The number of ether oxygens (including phenoxy) is 1. The lowest BCUT2D eigenvalue weighted by atomic mass is 9.85. The zero-order valence-electron chi connectivity index (χ0n) is 18.1. The molecule has 0 aliphatic heterocycles. The predicted octanol–water partition coefficient (Wildman–Crippen LogP) is 3.97. The molecule has 1 aliphatic carbocycles. The molecule has 0 unspecified atom stereocenters. The first-order valence-electron chi connectivity index (χ1n) is 10.9. The molecular formula is C24H28N4O4. The maximum absolute atomic E-state index is 12.0. The Hall–Kier alpha value is -3.55. The summed E-state index contributed by atoms with van der Waals surface area (Å²) in [6.07, 6.45) is 7.95. The third-order valence-corrected chi connectivity index (χ3v) is 6.20. The number of hydrogen-bond donors (Lipinski definition) is 3. The quantitative estimate of drug-likeness (QED) is 0.515. The Kier molecular flexibility index (Phi) is 6.30. The lowest BCUT2D eigenvalue weighted by Gasteiger charge is -2.21. The molecule has 0 spiro atoms. The van der Waals surface area contributed by atoms with Gasteiger partial charge in [-0.05, 0) is 54.7 Å². The maximum atomic E-state index is 12.0. The van der Waals surface area contributed by atoms with Crippen molar-refractivity contribution in [2.45, 2.75) is 44.9 Å². The number of phenolic OH excluding ortho intramolecular Hbond substituents is 2. The Bertz CT molecular complexity index is 1100. The average molecular weight is 437 g/mol. The van der Waals surface area contributed by atoms with E-state index in [-0.39, 0.29) is 23.1 Å². The van der Waals surface area contributed by atoms with Crippen LogP contribution in [0.3, 0.4) is 0 Å². The number of aromatic nitrogens is 3. The minimum absolute atomic E-state index is 0.0488. The summed E-state index contributed by atoms with van der Waals surface area (Å²) in [5.41, 5.74) is 7.23. The van der Waals surface area contributed by atoms with E-state index in [1.54, 1.807) is 37.4 Å². The molecule has 2 aromatic carbocycles. The molecule has 0 saturated heterocycles. The minimum atomic E-state index is -0.740. The maximum Gasteiger partial charge on any atom is 0.287 e. The number of nitrogens with zero attached hydrogens (tertiary/aromatic N) is 3. The second-order valence-corrected chi connectivity index (χ2v) is 8.29. The van der Waals surface area contributed by atoms with Crippen LogP contribution in [0.4, 0.5) is 0 Å². The van der Waals surface area contributed by atoms with E-state index in [0.717, 1.165) is 12.0 Å². The van der Waals surface area contributed by atoms with Crippen LogP contribution >= 0.6 is 0 Å². The molecule has 3 aromatic rings. The zero-order chi connectivity index (χ0) is 22.7. The molecule has 4 N–H and O–H groups in total. The molecule has 0 radical (unpaired) electrons. The van der Waals surface area contributed by atoms with Crippen molar-refractivity contribution in [1.82, 2.24) is 14.8 Å². The SMILES string of the molecule is COc1ccc(-n2c(C(N)=O)nnc2-c2cc(CCC3CCCCC3)c(O)cc2O)cc1. The van der Waals surface area contributed by atoms with E-state index < -0.39 is 5.91 Å². The van der Waals surface area contributed by atoms with Crippen molar-refractivity contribution in [2.24, 2.45) is 11.7 Å². The minimum Gasteiger partial charge on any atom is -0.508 e. The van der Waals surface area contributed by atoms with Crippen LogP contribution in [0.1, 0.15) is 54.7 Å². The summed E-state index contributed by atoms with van der Waals surface area (Å²) in [7, 11) is 1.57. The molecular weight excluding hydrogens is 408 g/mol. The van der Waals surface area contributed by atoms with E-state index in [1.807, 2.05) is 0 Å². The highest BCUT2D eigenvalue weighted by Gasteiger charge is 2.23. The van der Waals surface area contributed by atoms with Crippen molar-refractivity contribution < 1.29 is 19.7 Å². The highest BCUT2D eigenvalue weighted by atomic mass is 16.5. The molecule has 1 heterocycles. The monoisotopic (exact) mass is 436 g/mol. The summed E-state index contributed by atoms with van der Waals surface area (Å²) in [6, 6.07) is 10.0. The van der Waals surface area contributed by atoms with Crippen molar-refractivity contribution in [1.29, 1.82) is 0 Å². The molecule has 8 heteroatoms. The average Bonchev–Trinajstić information content (AvgIpc) is 3.24. The van der Waals surface area contributed by atoms with Crippen LogP contribution in [-0.4, -0.2) is 38.0 Å². The van der Waals surface area contributed by atoms with Gasteiger partial charge in [0.1, 0.15) is 17.2 Å². The van der Waals surface area contributed by atoms with Crippen molar-refractivity contribution in [3.63, 3.8) is 0 Å². The standard InChI is InChI=1S/C24H28N4O4/c1-32-18-11-9-17(10-12-18)28-23(26-27-24(28)22(25)31)19-13-16(20(29)14-21(19)30)8-7-15-5-3-2-4-6-15/h9-15,29-30H,2-8H2,1H3,(H2,25,31). The molecule has 1 aliphatic rings. The Balaban J connectivity index is 1.73. The van der Waals surface area contributed by atoms with Gasteiger partial charge in [-0.25, -0.2) is 0 Å². The second-order valence-electron chi connectivity index (χ2n) is 8.29. The number of methoxy groups -OCH3 is 1. The van der Waals surface area contributed by atoms with E-state index in [9.17, 15) is 15.0 Å². The molecule has 8 nitrogen and oxygen atoms in total. The Morgan fingerprint density at radius 3 is 2.47 bits per heavy atom. The van der Waals surface area contributed by atoms with Gasteiger partial charge >= 0.3 is 0 Å². The Morgan fingerprint density at radius 2 is 1.81 bits per heavy atom. The van der Waals surface area contributed by atoms with E-state index in [0.29, 0.717) is 29.3 Å². The van der Waals surface area contributed by atoms with Gasteiger partial charge < -0.3 is 20.7 Å². The van der Waals surface area contributed by atoms with Crippen LogP contribution in [0.15, 0.2) is 36.4 Å². The van der Waals surface area contributed by atoms with Gasteiger partial charge in [-0.1, -0.05) is 32.1 Å². The molecule has 0 bridgehead atoms. The molecule has 1 aromatic heterocycles. The molecule has 1 saturated carbocycles. The van der Waals surface area contributed by atoms with Gasteiger partial charge in [0.25, 0.3) is 5.91 Å². The Labute approximate surface area is 186 Å². The predicted molar refractivity (Wildman–Crippen MR) is 120 cm³/mol. The van der Waals surface area contributed by atoms with Crippen LogP contribution in [0.25, 0.3) is 17.1 Å². The number of benzene rings is 2. The number of phenols is 2. The van der Waals surface area contributed by atoms with Gasteiger partial charge in [-0.2, -0.15) is 0 Å². The van der Waals surface area contributed by atoms with Gasteiger partial charge in [0.15, 0.2) is 5.82 Å². The Morgan fingerprint density at radius 1 is 1.09 bits per heavy atom. The number of hydrogen-bond acceptors (Lipinski definition) is 6. The third kappa shape index (κ3) is 4.39. The van der Waals surface area contributed by atoms with Crippen molar-refractivity contribution in [3.8, 4) is 34.3 Å². The number of amides is 1. The second kappa shape index (κ2) is 9.30. The lowest BCUT2D eigenvalue weighted by molar-refractivity contribution is 0.0988. The first-order chi connectivity index (χ1) is 15.5. The number of primary amides is 1. The molecule has 4 rings (SSSR count). The van der Waals surface area contributed by atoms with E-state index in [1.165, 1.54) is 42.7 Å². The van der Waals surface area contributed by atoms with Crippen molar-refractivity contribution >= 4 is 5.91 Å². The number of aromatic hydroxyl groups is 2. The third-order valence-electron chi connectivity index (χ3n) is 6.20. The van der Waals surface area contributed by atoms with Crippen LogP contribution in [0.2, 0.25) is 0 Å². The molecule has 32 heavy (non-hydrogen) atoms.